The summed E-state index contributed by atoms with van der Waals surface area (Å²) in [5.74, 6) is 0.963. The Kier molecular flexibility index (Phi) is 9.28. The third-order valence-corrected chi connectivity index (χ3v) is 3.62. The van der Waals surface area contributed by atoms with Crippen LogP contribution in [0, 0.1) is 6.92 Å². The van der Waals surface area contributed by atoms with Gasteiger partial charge in [0.15, 0.2) is 0 Å². The summed E-state index contributed by atoms with van der Waals surface area (Å²) in [4.78, 5) is 13.9. The second-order valence-electron chi connectivity index (χ2n) is 4.99. The first kappa shape index (κ1) is 19.1. The van der Waals surface area contributed by atoms with Crippen LogP contribution in [-0.4, -0.2) is 43.3 Å². The highest BCUT2D eigenvalue weighted by Crippen LogP contribution is 2.16. The SMILES string of the molecule is [CH2]CCNC(=O)[C@@H](N)Cc1ccc(N(CCCl)CCCl)cc1. The quantitative estimate of drug-likeness (QED) is 0.639. The normalized spacial score (nSPS) is 12.0. The number of hydrogen-bond donors (Lipinski definition) is 2. The van der Waals surface area contributed by atoms with Crippen LogP contribution in [0.4, 0.5) is 5.69 Å². The lowest BCUT2D eigenvalue weighted by Gasteiger charge is -2.23. The molecule has 0 saturated heterocycles. The Hall–Kier alpha value is -0.970. The van der Waals surface area contributed by atoms with E-state index in [4.69, 9.17) is 28.9 Å². The largest absolute Gasteiger partial charge is 0.369 e. The lowest BCUT2D eigenvalue weighted by Crippen LogP contribution is -2.42. The summed E-state index contributed by atoms with van der Waals surface area (Å²) in [6, 6.07) is 7.45. The van der Waals surface area contributed by atoms with E-state index in [9.17, 15) is 4.79 Å². The van der Waals surface area contributed by atoms with Crippen molar-refractivity contribution in [2.45, 2.75) is 18.9 Å². The van der Waals surface area contributed by atoms with Crippen LogP contribution in [-0.2, 0) is 11.2 Å². The van der Waals surface area contributed by atoms with Crippen LogP contribution in [0.2, 0.25) is 0 Å². The molecule has 0 unspecified atom stereocenters. The Morgan fingerprint density at radius 1 is 1.23 bits per heavy atom. The predicted octanol–water partition coefficient (Wildman–Crippen LogP) is 2.18. The van der Waals surface area contributed by atoms with Gasteiger partial charge in [-0.1, -0.05) is 19.1 Å². The summed E-state index contributed by atoms with van der Waals surface area (Å²) >= 11 is 11.6. The first-order chi connectivity index (χ1) is 10.6. The van der Waals surface area contributed by atoms with Gasteiger partial charge < -0.3 is 16.0 Å². The van der Waals surface area contributed by atoms with Gasteiger partial charge in [0.05, 0.1) is 6.04 Å². The highest BCUT2D eigenvalue weighted by atomic mass is 35.5. The first-order valence-corrected chi connectivity index (χ1v) is 8.47. The second-order valence-corrected chi connectivity index (χ2v) is 5.74. The van der Waals surface area contributed by atoms with Gasteiger partial charge in [-0.3, -0.25) is 4.79 Å². The molecule has 1 amide bonds. The average Bonchev–Trinajstić information content (AvgIpc) is 2.53. The number of rotatable bonds is 10. The van der Waals surface area contributed by atoms with Crippen molar-refractivity contribution in [2.24, 2.45) is 5.73 Å². The third kappa shape index (κ3) is 6.42. The molecule has 0 aliphatic rings. The number of anilines is 1. The molecular formula is C16H24Cl2N3O. The second kappa shape index (κ2) is 10.7. The molecule has 0 spiro atoms. The third-order valence-electron chi connectivity index (χ3n) is 3.28. The van der Waals surface area contributed by atoms with Crippen molar-refractivity contribution in [3.05, 3.63) is 36.8 Å². The van der Waals surface area contributed by atoms with Crippen molar-refractivity contribution < 1.29 is 4.79 Å². The minimum absolute atomic E-state index is 0.140. The van der Waals surface area contributed by atoms with E-state index >= 15 is 0 Å². The van der Waals surface area contributed by atoms with Crippen LogP contribution >= 0.6 is 23.2 Å². The van der Waals surface area contributed by atoms with Crippen molar-refractivity contribution in [2.75, 3.05) is 36.3 Å². The molecule has 22 heavy (non-hydrogen) atoms. The molecule has 1 aromatic carbocycles. The summed E-state index contributed by atoms with van der Waals surface area (Å²) in [5.41, 5.74) is 8.00. The number of carbonyl (C=O) groups is 1. The zero-order chi connectivity index (χ0) is 16.4. The molecule has 0 heterocycles. The summed E-state index contributed by atoms with van der Waals surface area (Å²) in [6.45, 7) is 5.73. The standard InChI is InChI=1S/C16H24Cl2N3O/c1-2-9-20-16(22)15(19)12-13-3-5-14(6-4-13)21(10-7-17)11-8-18/h3-6,15H,1-2,7-12,19H2,(H,20,22)/t15-/m0/s1. The monoisotopic (exact) mass is 344 g/mol. The van der Waals surface area contributed by atoms with Gasteiger partial charge in [-0.2, -0.15) is 0 Å². The van der Waals surface area contributed by atoms with Gasteiger partial charge in [0.2, 0.25) is 5.91 Å². The van der Waals surface area contributed by atoms with Gasteiger partial charge in [-0.25, -0.2) is 0 Å². The molecular weight excluding hydrogens is 321 g/mol. The fraction of sp³-hybridized carbons (Fsp3) is 0.500. The van der Waals surface area contributed by atoms with E-state index in [-0.39, 0.29) is 5.91 Å². The maximum absolute atomic E-state index is 11.8. The molecule has 3 N–H and O–H groups in total. The number of alkyl halides is 2. The topological polar surface area (TPSA) is 58.4 Å². The molecule has 1 aromatic rings. The van der Waals surface area contributed by atoms with Gasteiger partial charge in [0.25, 0.3) is 0 Å². The van der Waals surface area contributed by atoms with E-state index in [0.29, 0.717) is 31.1 Å². The van der Waals surface area contributed by atoms with Gasteiger partial charge in [0, 0.05) is 37.1 Å². The average molecular weight is 345 g/mol. The number of hydrogen-bond acceptors (Lipinski definition) is 3. The van der Waals surface area contributed by atoms with Crippen molar-refractivity contribution in [3.8, 4) is 0 Å². The van der Waals surface area contributed by atoms with Crippen LogP contribution in [0.25, 0.3) is 0 Å². The molecule has 0 aliphatic heterocycles. The van der Waals surface area contributed by atoms with E-state index in [1.165, 1.54) is 0 Å². The Morgan fingerprint density at radius 3 is 2.32 bits per heavy atom. The maximum Gasteiger partial charge on any atom is 0.237 e. The van der Waals surface area contributed by atoms with Crippen LogP contribution in [0.15, 0.2) is 24.3 Å². The van der Waals surface area contributed by atoms with Crippen LogP contribution in [0.5, 0.6) is 0 Å². The number of carbonyl (C=O) groups excluding carboxylic acids is 1. The van der Waals surface area contributed by atoms with Crippen molar-refractivity contribution in [1.29, 1.82) is 0 Å². The molecule has 0 bridgehead atoms. The summed E-state index contributed by atoms with van der Waals surface area (Å²) in [7, 11) is 0. The van der Waals surface area contributed by atoms with Gasteiger partial charge in [0.1, 0.15) is 0 Å². The summed E-state index contributed by atoms with van der Waals surface area (Å²) in [6.07, 6.45) is 1.17. The van der Waals surface area contributed by atoms with Crippen molar-refractivity contribution in [3.63, 3.8) is 0 Å². The number of nitrogens with zero attached hydrogens (tertiary/aromatic N) is 1. The van der Waals surface area contributed by atoms with Crippen LogP contribution < -0.4 is 16.0 Å². The molecule has 123 valence electrons. The van der Waals surface area contributed by atoms with Gasteiger partial charge in [-0.15, -0.1) is 23.2 Å². The first-order valence-electron chi connectivity index (χ1n) is 7.40. The molecule has 4 nitrogen and oxygen atoms in total. The van der Waals surface area contributed by atoms with Crippen LogP contribution in [0.3, 0.4) is 0 Å². The number of nitrogens with two attached hydrogens (primary N) is 1. The smallest absolute Gasteiger partial charge is 0.237 e. The van der Waals surface area contributed by atoms with E-state index in [1.807, 2.05) is 24.3 Å². The highest BCUT2D eigenvalue weighted by Gasteiger charge is 2.13. The lowest BCUT2D eigenvalue weighted by atomic mass is 10.1. The molecule has 6 heteroatoms. The maximum atomic E-state index is 11.8. The Labute approximate surface area is 142 Å². The fourth-order valence-corrected chi connectivity index (χ4v) is 2.51. The van der Waals surface area contributed by atoms with Crippen LogP contribution in [0.1, 0.15) is 12.0 Å². The molecule has 0 fully saturated rings. The zero-order valence-electron chi connectivity index (χ0n) is 12.7. The van der Waals surface area contributed by atoms with E-state index in [0.717, 1.165) is 24.3 Å². The molecule has 0 aliphatic carbocycles. The Bertz CT molecular complexity index is 434. The molecule has 1 rings (SSSR count). The molecule has 1 radical (unpaired) electrons. The van der Waals surface area contributed by atoms with Crippen molar-refractivity contribution in [1.82, 2.24) is 5.32 Å². The van der Waals surface area contributed by atoms with E-state index < -0.39 is 6.04 Å². The molecule has 0 aromatic heterocycles. The number of benzene rings is 1. The zero-order valence-corrected chi connectivity index (χ0v) is 14.2. The highest BCUT2D eigenvalue weighted by molar-refractivity contribution is 6.18. The minimum atomic E-state index is -0.542. The van der Waals surface area contributed by atoms with Gasteiger partial charge in [-0.05, 0) is 30.5 Å². The number of amides is 1. The molecule has 0 saturated carbocycles. The Morgan fingerprint density at radius 2 is 1.82 bits per heavy atom. The summed E-state index contributed by atoms with van der Waals surface area (Å²) < 4.78 is 0. The lowest BCUT2D eigenvalue weighted by molar-refractivity contribution is -0.122. The van der Waals surface area contributed by atoms with E-state index in [1.54, 1.807) is 0 Å². The summed E-state index contributed by atoms with van der Waals surface area (Å²) in [5, 5.41) is 2.75. The molecule has 1 atom stereocenters. The minimum Gasteiger partial charge on any atom is -0.369 e. The van der Waals surface area contributed by atoms with E-state index in [2.05, 4.69) is 17.1 Å². The predicted molar refractivity (Wildman–Crippen MR) is 94.8 cm³/mol. The van der Waals surface area contributed by atoms with Crippen molar-refractivity contribution >= 4 is 34.8 Å². The Balaban J connectivity index is 2.61. The number of nitrogens with one attached hydrogen (secondary N) is 1. The number of halogens is 2. The fourth-order valence-electron chi connectivity index (χ4n) is 2.11. The van der Waals surface area contributed by atoms with Gasteiger partial charge >= 0.3 is 0 Å².